The number of piperidine rings is 1. The van der Waals surface area contributed by atoms with Crippen LogP contribution in [0.3, 0.4) is 0 Å². The molecule has 0 atom stereocenters. The van der Waals surface area contributed by atoms with Crippen LogP contribution in [-0.4, -0.2) is 45.9 Å². The van der Waals surface area contributed by atoms with Crippen LogP contribution in [0.15, 0.2) is 39.5 Å². The average molecular weight is 360 g/mol. The van der Waals surface area contributed by atoms with Gasteiger partial charge in [-0.25, -0.2) is 4.79 Å². The van der Waals surface area contributed by atoms with Crippen LogP contribution in [0, 0.1) is 5.41 Å². The molecule has 7 nitrogen and oxygen atoms in total. The van der Waals surface area contributed by atoms with Crippen molar-refractivity contribution in [3.8, 4) is 5.75 Å². The van der Waals surface area contributed by atoms with Crippen molar-refractivity contribution >= 4 is 16.9 Å². The summed E-state index contributed by atoms with van der Waals surface area (Å²) in [7, 11) is 1.69. The minimum absolute atomic E-state index is 0.0258. The molecule has 2 aromatic rings. The quantitative estimate of drug-likeness (QED) is 0.724. The Kier molecular flexibility index (Phi) is 5.90. The van der Waals surface area contributed by atoms with Gasteiger partial charge in [-0.15, -0.1) is 0 Å². The third kappa shape index (κ3) is 4.62. The van der Waals surface area contributed by atoms with Crippen LogP contribution in [-0.2, 0) is 9.53 Å². The summed E-state index contributed by atoms with van der Waals surface area (Å²) in [5, 5.41) is 7.08. The van der Waals surface area contributed by atoms with Crippen molar-refractivity contribution in [3.63, 3.8) is 0 Å². The lowest BCUT2D eigenvalue weighted by molar-refractivity contribution is -0.124. The summed E-state index contributed by atoms with van der Waals surface area (Å²) < 4.78 is 16.0. The van der Waals surface area contributed by atoms with Gasteiger partial charge in [-0.3, -0.25) is 4.79 Å². The van der Waals surface area contributed by atoms with Crippen LogP contribution >= 0.6 is 0 Å². The predicted molar refractivity (Wildman–Crippen MR) is 97.4 cm³/mol. The maximum Gasteiger partial charge on any atom is 0.336 e. The van der Waals surface area contributed by atoms with Gasteiger partial charge in [0.05, 0.1) is 6.61 Å². The normalized spacial score (nSPS) is 16.3. The van der Waals surface area contributed by atoms with Crippen molar-refractivity contribution in [2.24, 2.45) is 5.41 Å². The number of nitrogens with one attached hydrogen (secondary N) is 2. The molecule has 1 aliphatic rings. The van der Waals surface area contributed by atoms with E-state index in [2.05, 4.69) is 10.6 Å². The summed E-state index contributed by atoms with van der Waals surface area (Å²) in [6.07, 6.45) is 1.93. The molecule has 1 aliphatic heterocycles. The largest absolute Gasteiger partial charge is 0.484 e. The zero-order valence-electron chi connectivity index (χ0n) is 14.9. The Hall–Kier alpha value is -2.38. The summed E-state index contributed by atoms with van der Waals surface area (Å²) in [6.45, 7) is 2.96. The molecule has 1 saturated heterocycles. The molecule has 140 valence electrons. The lowest BCUT2D eigenvalue weighted by Gasteiger charge is -2.37. The first-order valence-electron chi connectivity index (χ1n) is 8.73. The number of benzene rings is 1. The highest BCUT2D eigenvalue weighted by Gasteiger charge is 2.32. The molecule has 3 rings (SSSR count). The fraction of sp³-hybridized carbons (Fsp3) is 0.474. The maximum absolute atomic E-state index is 12.2. The minimum atomic E-state index is -0.419. The number of amides is 1. The smallest absolute Gasteiger partial charge is 0.336 e. The predicted octanol–water partition coefficient (Wildman–Crippen LogP) is 1.30. The Morgan fingerprint density at radius 3 is 2.81 bits per heavy atom. The number of hydrogen-bond acceptors (Lipinski definition) is 6. The van der Waals surface area contributed by atoms with Gasteiger partial charge in [0.1, 0.15) is 11.3 Å². The zero-order chi connectivity index (χ0) is 18.4. The SMILES string of the molecule is COCC1(CNC(=O)COc2ccc3ccc(=O)oc3c2)CCNCC1. The lowest BCUT2D eigenvalue weighted by Crippen LogP contribution is -2.47. The molecule has 0 unspecified atom stereocenters. The van der Waals surface area contributed by atoms with Crippen molar-refractivity contribution in [1.82, 2.24) is 10.6 Å². The first-order valence-corrected chi connectivity index (χ1v) is 8.73. The van der Waals surface area contributed by atoms with Crippen molar-refractivity contribution in [3.05, 3.63) is 40.8 Å². The number of carbonyl (C=O) groups is 1. The van der Waals surface area contributed by atoms with Crippen LogP contribution in [0.25, 0.3) is 11.0 Å². The molecular weight excluding hydrogens is 336 g/mol. The van der Waals surface area contributed by atoms with E-state index in [1.54, 1.807) is 31.4 Å². The monoisotopic (exact) mass is 360 g/mol. The Balaban J connectivity index is 1.54. The standard InChI is InChI=1S/C19H24N2O5/c1-24-13-19(6-8-20-9-7-19)12-21-17(22)11-25-15-4-2-14-3-5-18(23)26-16(14)10-15/h2-5,10,20H,6-9,11-13H2,1H3,(H,21,22). The summed E-state index contributed by atoms with van der Waals surface area (Å²) in [5.74, 6) is 0.295. The number of carbonyl (C=O) groups excluding carboxylic acids is 1. The van der Waals surface area contributed by atoms with Crippen LogP contribution in [0.4, 0.5) is 0 Å². The van der Waals surface area contributed by atoms with E-state index in [0.717, 1.165) is 31.3 Å². The van der Waals surface area contributed by atoms with Gasteiger partial charge in [0.2, 0.25) is 0 Å². The molecule has 0 saturated carbocycles. The number of fused-ring (bicyclic) bond motifs is 1. The van der Waals surface area contributed by atoms with E-state index in [1.807, 2.05) is 0 Å². The second-order valence-electron chi connectivity index (χ2n) is 6.70. The van der Waals surface area contributed by atoms with E-state index in [1.165, 1.54) is 6.07 Å². The van der Waals surface area contributed by atoms with Gasteiger partial charge in [-0.05, 0) is 44.1 Å². The van der Waals surface area contributed by atoms with Gasteiger partial charge in [-0.2, -0.15) is 0 Å². The molecule has 2 N–H and O–H groups in total. The molecule has 0 aliphatic carbocycles. The Morgan fingerprint density at radius 1 is 1.27 bits per heavy atom. The van der Waals surface area contributed by atoms with Crippen molar-refractivity contribution in [2.75, 3.05) is 40.0 Å². The minimum Gasteiger partial charge on any atom is -0.484 e. The highest BCUT2D eigenvalue weighted by atomic mass is 16.5. The first-order chi connectivity index (χ1) is 12.6. The summed E-state index contributed by atoms with van der Waals surface area (Å²) in [6, 6.07) is 8.20. The highest BCUT2D eigenvalue weighted by Crippen LogP contribution is 2.28. The van der Waals surface area contributed by atoms with Crippen LogP contribution in [0.1, 0.15) is 12.8 Å². The molecule has 7 heteroatoms. The molecule has 2 heterocycles. The Labute approximate surface area is 151 Å². The topological polar surface area (TPSA) is 89.8 Å². The summed E-state index contributed by atoms with van der Waals surface area (Å²) >= 11 is 0. The fourth-order valence-electron chi connectivity index (χ4n) is 3.25. The third-order valence-electron chi connectivity index (χ3n) is 4.74. The molecule has 1 fully saturated rings. The second kappa shape index (κ2) is 8.33. The molecule has 0 bridgehead atoms. The van der Waals surface area contributed by atoms with Gasteiger partial charge >= 0.3 is 5.63 Å². The van der Waals surface area contributed by atoms with E-state index in [9.17, 15) is 9.59 Å². The Morgan fingerprint density at radius 2 is 2.04 bits per heavy atom. The third-order valence-corrected chi connectivity index (χ3v) is 4.74. The average Bonchev–Trinajstić information content (AvgIpc) is 2.65. The summed E-state index contributed by atoms with van der Waals surface area (Å²) in [4.78, 5) is 23.5. The molecule has 0 spiro atoms. The fourth-order valence-corrected chi connectivity index (χ4v) is 3.25. The van der Waals surface area contributed by atoms with Crippen LogP contribution in [0.5, 0.6) is 5.75 Å². The Bertz CT molecular complexity index is 805. The van der Waals surface area contributed by atoms with Gasteiger partial charge in [0, 0.05) is 36.6 Å². The number of rotatable bonds is 7. The van der Waals surface area contributed by atoms with E-state index >= 15 is 0 Å². The molecule has 1 aromatic carbocycles. The van der Waals surface area contributed by atoms with Gasteiger partial charge in [0.15, 0.2) is 6.61 Å². The number of ether oxygens (including phenoxy) is 2. The highest BCUT2D eigenvalue weighted by molar-refractivity contribution is 5.79. The van der Waals surface area contributed by atoms with Crippen molar-refractivity contribution < 1.29 is 18.7 Å². The van der Waals surface area contributed by atoms with E-state index in [0.29, 0.717) is 24.5 Å². The zero-order valence-corrected chi connectivity index (χ0v) is 14.9. The molecule has 0 radical (unpaired) electrons. The van der Waals surface area contributed by atoms with Gasteiger partial charge < -0.3 is 24.5 Å². The second-order valence-corrected chi connectivity index (χ2v) is 6.70. The van der Waals surface area contributed by atoms with E-state index < -0.39 is 5.63 Å². The van der Waals surface area contributed by atoms with E-state index in [-0.39, 0.29) is 17.9 Å². The number of hydrogen-bond donors (Lipinski definition) is 2. The molecular formula is C19H24N2O5. The van der Waals surface area contributed by atoms with Gasteiger partial charge in [-0.1, -0.05) is 0 Å². The maximum atomic E-state index is 12.2. The molecule has 26 heavy (non-hydrogen) atoms. The van der Waals surface area contributed by atoms with E-state index in [4.69, 9.17) is 13.9 Å². The van der Waals surface area contributed by atoms with Crippen LogP contribution in [0.2, 0.25) is 0 Å². The molecule has 1 aromatic heterocycles. The summed E-state index contributed by atoms with van der Waals surface area (Å²) in [5.41, 5.74) is -0.0101. The number of methoxy groups -OCH3 is 1. The van der Waals surface area contributed by atoms with Crippen molar-refractivity contribution in [1.29, 1.82) is 0 Å². The molecule has 1 amide bonds. The van der Waals surface area contributed by atoms with Gasteiger partial charge in [0.25, 0.3) is 5.91 Å². The first kappa shape index (κ1) is 18.4. The lowest BCUT2D eigenvalue weighted by atomic mass is 9.79. The van der Waals surface area contributed by atoms with Crippen molar-refractivity contribution in [2.45, 2.75) is 12.8 Å². The van der Waals surface area contributed by atoms with Crippen LogP contribution < -0.4 is 21.0 Å².